The third kappa shape index (κ3) is 2.25. The molecule has 1 aromatic rings. The molecule has 0 spiro atoms. The molecule has 0 aliphatic carbocycles. The highest BCUT2D eigenvalue weighted by atomic mass is 19.1. The fourth-order valence-corrected chi connectivity index (χ4v) is 1.03. The normalized spacial score (nSPS) is 15.2. The summed E-state index contributed by atoms with van der Waals surface area (Å²) in [6, 6.07) is 2.43. The van der Waals surface area contributed by atoms with Crippen molar-refractivity contribution < 1.29 is 19.7 Å². The maximum Gasteiger partial charge on any atom is 0.144 e. The molecule has 5 heteroatoms. The standard InChI is InChI=1S/C9H12FNO3/c1-5-6(10)2-3-7(11-5)9(14)8(13)4-12/h2-3,8-9,12-14H,4H2,1H3. The Morgan fingerprint density at radius 3 is 2.57 bits per heavy atom. The minimum absolute atomic E-state index is 0.144. The molecule has 78 valence electrons. The summed E-state index contributed by atoms with van der Waals surface area (Å²) in [5, 5.41) is 27.1. The molecule has 2 unspecified atom stereocenters. The molecule has 2 atom stereocenters. The first-order chi connectivity index (χ1) is 6.56. The molecule has 0 bridgehead atoms. The third-order valence-corrected chi connectivity index (χ3v) is 1.90. The molecule has 1 rings (SSSR count). The van der Waals surface area contributed by atoms with E-state index in [1.165, 1.54) is 13.0 Å². The Labute approximate surface area is 80.7 Å². The van der Waals surface area contributed by atoms with Gasteiger partial charge in [0, 0.05) is 0 Å². The maximum absolute atomic E-state index is 12.8. The lowest BCUT2D eigenvalue weighted by Crippen LogP contribution is -2.23. The predicted octanol–water partition coefficient (Wildman–Crippen LogP) is -0.0843. The molecular weight excluding hydrogens is 189 g/mol. The molecule has 14 heavy (non-hydrogen) atoms. The largest absolute Gasteiger partial charge is 0.394 e. The number of aryl methyl sites for hydroxylation is 1. The van der Waals surface area contributed by atoms with Gasteiger partial charge in [-0.3, -0.25) is 4.98 Å². The lowest BCUT2D eigenvalue weighted by molar-refractivity contribution is -0.0173. The number of hydrogen-bond acceptors (Lipinski definition) is 4. The number of halogens is 1. The van der Waals surface area contributed by atoms with E-state index in [0.29, 0.717) is 0 Å². The van der Waals surface area contributed by atoms with Crippen molar-refractivity contribution in [3.05, 3.63) is 29.3 Å². The summed E-state index contributed by atoms with van der Waals surface area (Å²) in [7, 11) is 0. The van der Waals surface area contributed by atoms with Gasteiger partial charge >= 0.3 is 0 Å². The van der Waals surface area contributed by atoms with Gasteiger partial charge in [-0.15, -0.1) is 0 Å². The van der Waals surface area contributed by atoms with Crippen LogP contribution in [0.25, 0.3) is 0 Å². The highest BCUT2D eigenvalue weighted by Crippen LogP contribution is 2.15. The van der Waals surface area contributed by atoms with Crippen LogP contribution in [0.1, 0.15) is 17.5 Å². The van der Waals surface area contributed by atoms with Crippen LogP contribution >= 0.6 is 0 Å². The highest BCUT2D eigenvalue weighted by molar-refractivity contribution is 5.14. The zero-order chi connectivity index (χ0) is 10.7. The molecule has 1 heterocycles. The Morgan fingerprint density at radius 2 is 2.07 bits per heavy atom. The molecule has 0 aliphatic rings. The Hall–Kier alpha value is -1.04. The van der Waals surface area contributed by atoms with Crippen molar-refractivity contribution in [2.45, 2.75) is 19.1 Å². The molecule has 0 radical (unpaired) electrons. The second-order valence-corrected chi connectivity index (χ2v) is 3.00. The summed E-state index contributed by atoms with van der Waals surface area (Å²) >= 11 is 0. The van der Waals surface area contributed by atoms with Crippen LogP contribution in [0.15, 0.2) is 12.1 Å². The van der Waals surface area contributed by atoms with Crippen LogP contribution in [0.4, 0.5) is 4.39 Å². The van der Waals surface area contributed by atoms with Gasteiger partial charge in [-0.1, -0.05) is 0 Å². The van der Waals surface area contributed by atoms with Crippen molar-refractivity contribution in [1.29, 1.82) is 0 Å². The van der Waals surface area contributed by atoms with Crippen LogP contribution in [-0.4, -0.2) is 33.0 Å². The summed E-state index contributed by atoms with van der Waals surface area (Å²) < 4.78 is 12.8. The highest BCUT2D eigenvalue weighted by Gasteiger charge is 2.19. The van der Waals surface area contributed by atoms with Crippen LogP contribution in [0, 0.1) is 12.7 Å². The van der Waals surface area contributed by atoms with Crippen LogP contribution in [0.2, 0.25) is 0 Å². The zero-order valence-corrected chi connectivity index (χ0v) is 7.68. The molecule has 0 fully saturated rings. The minimum atomic E-state index is -1.30. The molecule has 4 nitrogen and oxygen atoms in total. The molecule has 0 saturated heterocycles. The lowest BCUT2D eigenvalue weighted by atomic mass is 10.1. The summed E-state index contributed by atoms with van der Waals surface area (Å²) in [5.74, 6) is -0.473. The van der Waals surface area contributed by atoms with Gasteiger partial charge in [-0.05, 0) is 19.1 Å². The topological polar surface area (TPSA) is 73.6 Å². The summed E-state index contributed by atoms with van der Waals surface area (Å²) in [6.45, 7) is 0.885. The van der Waals surface area contributed by atoms with Gasteiger partial charge in [-0.2, -0.15) is 0 Å². The van der Waals surface area contributed by atoms with E-state index in [0.717, 1.165) is 6.07 Å². The molecule has 0 aromatic carbocycles. The van der Waals surface area contributed by atoms with Crippen molar-refractivity contribution in [3.8, 4) is 0 Å². The number of nitrogens with zero attached hydrogens (tertiary/aromatic N) is 1. The van der Waals surface area contributed by atoms with Gasteiger partial charge in [0.15, 0.2) is 0 Å². The Kier molecular flexibility index (Phi) is 3.51. The van der Waals surface area contributed by atoms with Crippen LogP contribution in [0.5, 0.6) is 0 Å². The second-order valence-electron chi connectivity index (χ2n) is 3.00. The average molecular weight is 201 g/mol. The monoisotopic (exact) mass is 201 g/mol. The lowest BCUT2D eigenvalue weighted by Gasteiger charge is -2.15. The Morgan fingerprint density at radius 1 is 1.43 bits per heavy atom. The van der Waals surface area contributed by atoms with Crippen molar-refractivity contribution in [2.75, 3.05) is 6.61 Å². The number of aliphatic hydroxyl groups excluding tert-OH is 3. The van der Waals surface area contributed by atoms with Gasteiger partial charge < -0.3 is 15.3 Å². The van der Waals surface area contributed by atoms with E-state index in [9.17, 15) is 9.50 Å². The minimum Gasteiger partial charge on any atom is -0.394 e. The van der Waals surface area contributed by atoms with Gasteiger partial charge in [0.05, 0.1) is 18.0 Å². The van der Waals surface area contributed by atoms with Crippen molar-refractivity contribution in [2.24, 2.45) is 0 Å². The quantitative estimate of drug-likeness (QED) is 0.639. The SMILES string of the molecule is Cc1nc(C(O)C(O)CO)ccc1F. The number of aliphatic hydroxyl groups is 3. The Bertz CT molecular complexity index is 319. The van der Waals surface area contributed by atoms with Crippen LogP contribution in [-0.2, 0) is 0 Å². The zero-order valence-electron chi connectivity index (χ0n) is 7.68. The van der Waals surface area contributed by atoms with Gasteiger partial charge in [0.2, 0.25) is 0 Å². The first-order valence-electron chi connectivity index (χ1n) is 4.16. The van der Waals surface area contributed by atoms with E-state index in [2.05, 4.69) is 4.98 Å². The van der Waals surface area contributed by atoms with Crippen molar-refractivity contribution >= 4 is 0 Å². The van der Waals surface area contributed by atoms with E-state index < -0.39 is 24.6 Å². The van der Waals surface area contributed by atoms with E-state index in [4.69, 9.17) is 10.2 Å². The molecule has 0 amide bonds. The number of rotatable bonds is 3. The fraction of sp³-hybridized carbons (Fsp3) is 0.444. The average Bonchev–Trinajstić information content (AvgIpc) is 2.20. The molecular formula is C9H12FNO3. The molecule has 0 saturated carbocycles. The molecule has 1 aromatic heterocycles. The van der Waals surface area contributed by atoms with E-state index >= 15 is 0 Å². The second kappa shape index (κ2) is 4.45. The van der Waals surface area contributed by atoms with E-state index in [1.54, 1.807) is 0 Å². The molecule has 3 N–H and O–H groups in total. The third-order valence-electron chi connectivity index (χ3n) is 1.90. The first kappa shape index (κ1) is 11.0. The first-order valence-corrected chi connectivity index (χ1v) is 4.16. The summed E-state index contributed by atoms with van der Waals surface area (Å²) in [5.41, 5.74) is 0.289. The number of pyridine rings is 1. The summed E-state index contributed by atoms with van der Waals surface area (Å²) in [6.07, 6.45) is -2.59. The van der Waals surface area contributed by atoms with Crippen LogP contribution < -0.4 is 0 Å². The van der Waals surface area contributed by atoms with Crippen LogP contribution in [0.3, 0.4) is 0 Å². The predicted molar refractivity (Wildman–Crippen MR) is 47.0 cm³/mol. The van der Waals surface area contributed by atoms with E-state index in [1.807, 2.05) is 0 Å². The fourth-order valence-electron chi connectivity index (χ4n) is 1.03. The number of hydrogen-bond donors (Lipinski definition) is 3. The van der Waals surface area contributed by atoms with Crippen molar-refractivity contribution in [3.63, 3.8) is 0 Å². The number of aromatic nitrogens is 1. The van der Waals surface area contributed by atoms with E-state index in [-0.39, 0.29) is 11.4 Å². The maximum atomic E-state index is 12.8. The van der Waals surface area contributed by atoms with Gasteiger partial charge in [-0.25, -0.2) is 4.39 Å². The Balaban J connectivity index is 2.91. The smallest absolute Gasteiger partial charge is 0.144 e. The van der Waals surface area contributed by atoms with Gasteiger partial charge in [0.25, 0.3) is 0 Å². The van der Waals surface area contributed by atoms with Gasteiger partial charge in [0.1, 0.15) is 18.0 Å². The summed E-state index contributed by atoms with van der Waals surface area (Å²) in [4.78, 5) is 3.75. The van der Waals surface area contributed by atoms with Crippen molar-refractivity contribution in [1.82, 2.24) is 4.98 Å². The molecule has 0 aliphatic heterocycles.